The second-order valence-corrected chi connectivity index (χ2v) is 8.64. The van der Waals surface area contributed by atoms with Crippen LogP contribution in [0.1, 0.15) is 20.8 Å². The standard InChI is InChI=1S/C6H15NO9S3.3Na/c1-4-17(8,9)16-7(5(2)18(10,11)12)6(3)19(13,14)15;;;/h5-6H,4H2,1-3H3,(H,10,11,12)(H,13,14,15);;;/q;3*+1/p-2. The molecule has 0 amide bonds. The van der Waals surface area contributed by atoms with Crippen LogP contribution in [0.2, 0.25) is 0 Å². The molecule has 0 aliphatic carbocycles. The van der Waals surface area contributed by atoms with E-state index in [-0.39, 0.29) is 93.7 Å². The quantitative estimate of drug-likeness (QED) is 0.225. The summed E-state index contributed by atoms with van der Waals surface area (Å²) in [7, 11) is -14.5. The fraction of sp³-hybridized carbons (Fsp3) is 1.00. The molecule has 0 radical (unpaired) electrons. The van der Waals surface area contributed by atoms with E-state index in [4.69, 9.17) is 0 Å². The summed E-state index contributed by atoms with van der Waals surface area (Å²) in [6.07, 6.45) is 0. The van der Waals surface area contributed by atoms with Crippen molar-refractivity contribution in [2.45, 2.75) is 31.5 Å². The number of nitrogens with zero attached hydrogens (tertiary/aromatic N) is 1. The van der Waals surface area contributed by atoms with E-state index in [1.807, 2.05) is 0 Å². The topological polar surface area (TPSA) is 161 Å². The second kappa shape index (κ2) is 12.1. The zero-order valence-corrected chi connectivity index (χ0v) is 21.7. The van der Waals surface area contributed by atoms with Crippen LogP contribution in [0, 0.1) is 0 Å². The van der Waals surface area contributed by atoms with Gasteiger partial charge in [-0.1, -0.05) is 0 Å². The van der Waals surface area contributed by atoms with Crippen molar-refractivity contribution < 1.29 is 127 Å². The molecule has 0 aromatic carbocycles. The summed E-state index contributed by atoms with van der Waals surface area (Å²) in [5.74, 6) is -0.610. The Bertz CT molecular complexity index is 579. The minimum Gasteiger partial charge on any atom is -0.747 e. The molecule has 10 nitrogen and oxygen atoms in total. The van der Waals surface area contributed by atoms with Gasteiger partial charge in [-0.15, -0.1) is 5.06 Å². The van der Waals surface area contributed by atoms with E-state index in [2.05, 4.69) is 4.28 Å². The van der Waals surface area contributed by atoms with Gasteiger partial charge in [-0.05, 0) is 20.8 Å². The van der Waals surface area contributed by atoms with Crippen molar-refractivity contribution in [2.24, 2.45) is 0 Å². The van der Waals surface area contributed by atoms with Gasteiger partial charge >= 0.3 is 88.7 Å². The van der Waals surface area contributed by atoms with Crippen LogP contribution in [-0.2, 0) is 34.6 Å². The smallest absolute Gasteiger partial charge is 0.747 e. The van der Waals surface area contributed by atoms with Gasteiger partial charge < -0.3 is 9.11 Å². The van der Waals surface area contributed by atoms with Crippen LogP contribution < -0.4 is 88.7 Å². The minimum absolute atomic E-state index is 0. The molecule has 22 heavy (non-hydrogen) atoms. The van der Waals surface area contributed by atoms with E-state index in [1.165, 1.54) is 0 Å². The van der Waals surface area contributed by atoms with E-state index in [0.29, 0.717) is 13.8 Å². The molecule has 0 aliphatic heterocycles. The Balaban J connectivity index is -0.000000540. The maximum atomic E-state index is 11.2. The third-order valence-electron chi connectivity index (χ3n) is 2.11. The first-order valence-electron chi connectivity index (χ1n) is 4.82. The van der Waals surface area contributed by atoms with Gasteiger partial charge in [0.2, 0.25) is 0 Å². The molecule has 2 unspecified atom stereocenters. The van der Waals surface area contributed by atoms with E-state index in [1.54, 1.807) is 0 Å². The van der Waals surface area contributed by atoms with Gasteiger partial charge in [0.25, 0.3) is 10.1 Å². The molecule has 116 valence electrons. The Hall–Kier alpha value is 2.69. The second-order valence-electron chi connectivity index (χ2n) is 3.46. The first-order valence-corrected chi connectivity index (χ1v) is 9.34. The summed E-state index contributed by atoms with van der Waals surface area (Å²) < 4.78 is 91.5. The monoisotopic (exact) mass is 408 g/mol. The molecular formula is C6H13NNa3O9S3+. The molecule has 0 aromatic rings. The van der Waals surface area contributed by atoms with Crippen molar-refractivity contribution in [3.05, 3.63) is 0 Å². The molecule has 0 spiro atoms. The fourth-order valence-corrected chi connectivity index (χ4v) is 2.63. The summed E-state index contributed by atoms with van der Waals surface area (Å²) in [5.41, 5.74) is 0. The van der Waals surface area contributed by atoms with Crippen LogP contribution in [0.5, 0.6) is 0 Å². The van der Waals surface area contributed by atoms with Gasteiger partial charge in [0, 0.05) is 0 Å². The molecular weight excluding hydrogens is 395 g/mol. The van der Waals surface area contributed by atoms with Gasteiger partial charge in [0.1, 0.15) is 31.0 Å². The molecule has 2 atom stereocenters. The number of hydrogen-bond acceptors (Lipinski definition) is 10. The van der Waals surface area contributed by atoms with Gasteiger partial charge in [-0.25, -0.2) is 16.8 Å². The zero-order valence-electron chi connectivity index (χ0n) is 13.2. The van der Waals surface area contributed by atoms with Crippen molar-refractivity contribution in [1.29, 1.82) is 0 Å². The molecule has 0 aromatic heterocycles. The first kappa shape index (κ1) is 32.4. The largest absolute Gasteiger partial charge is 1.00 e. The Morgan fingerprint density at radius 2 is 1.14 bits per heavy atom. The molecule has 0 saturated carbocycles. The minimum atomic E-state index is -5.10. The van der Waals surface area contributed by atoms with Crippen LogP contribution in [0.15, 0.2) is 0 Å². The van der Waals surface area contributed by atoms with E-state index < -0.39 is 46.9 Å². The average molecular weight is 408 g/mol. The van der Waals surface area contributed by atoms with E-state index in [0.717, 1.165) is 6.92 Å². The molecule has 0 fully saturated rings. The molecule has 0 bridgehead atoms. The summed E-state index contributed by atoms with van der Waals surface area (Å²) in [6, 6.07) is 0. The summed E-state index contributed by atoms with van der Waals surface area (Å²) >= 11 is 0. The Labute approximate surface area is 197 Å². The SMILES string of the molecule is CCS(=O)(=O)ON(C(C)S(=O)(=O)[O-])C(C)S(=O)(=O)[O-].[Na+].[Na+].[Na+]. The molecule has 0 aliphatic rings. The van der Waals surface area contributed by atoms with Gasteiger partial charge in [-0.3, -0.25) is 0 Å². The van der Waals surface area contributed by atoms with Gasteiger partial charge in [0.05, 0.1) is 5.75 Å². The Morgan fingerprint density at radius 1 is 0.864 bits per heavy atom. The maximum Gasteiger partial charge on any atom is 1.00 e. The van der Waals surface area contributed by atoms with Crippen molar-refractivity contribution in [2.75, 3.05) is 5.75 Å². The zero-order chi connectivity index (χ0) is 15.6. The van der Waals surface area contributed by atoms with E-state index >= 15 is 0 Å². The van der Waals surface area contributed by atoms with Crippen molar-refractivity contribution in [3.63, 3.8) is 0 Å². The average Bonchev–Trinajstić information content (AvgIpc) is 2.21. The van der Waals surface area contributed by atoms with Crippen molar-refractivity contribution >= 4 is 30.4 Å². The molecule has 16 heteroatoms. The summed E-state index contributed by atoms with van der Waals surface area (Å²) in [4.78, 5) is 0. The van der Waals surface area contributed by atoms with Crippen molar-refractivity contribution in [3.8, 4) is 0 Å². The van der Waals surface area contributed by atoms with Gasteiger partial charge in [0.15, 0.2) is 0 Å². The molecule has 0 rings (SSSR count). The van der Waals surface area contributed by atoms with Crippen LogP contribution in [-0.4, -0.2) is 55.9 Å². The van der Waals surface area contributed by atoms with Crippen LogP contribution in [0.3, 0.4) is 0 Å². The third-order valence-corrected chi connectivity index (χ3v) is 5.30. The summed E-state index contributed by atoms with van der Waals surface area (Å²) in [5, 5.41) is -4.50. The Kier molecular flexibility index (Phi) is 17.9. The molecule has 0 heterocycles. The third kappa shape index (κ3) is 11.3. The number of rotatable bonds is 7. The summed E-state index contributed by atoms with van der Waals surface area (Å²) in [6.45, 7) is 2.55. The molecule has 0 saturated heterocycles. The normalized spacial score (nSPS) is 15.0. The maximum absolute atomic E-state index is 11.2. The first-order chi connectivity index (χ1) is 8.22. The Morgan fingerprint density at radius 3 is 1.32 bits per heavy atom. The van der Waals surface area contributed by atoms with E-state index in [9.17, 15) is 34.4 Å². The number of hydroxylamine groups is 2. The number of hydrogen-bond donors (Lipinski definition) is 0. The van der Waals surface area contributed by atoms with Crippen LogP contribution in [0.4, 0.5) is 0 Å². The predicted octanol–water partition coefficient (Wildman–Crippen LogP) is -10.6. The van der Waals surface area contributed by atoms with Crippen LogP contribution in [0.25, 0.3) is 0 Å². The van der Waals surface area contributed by atoms with Gasteiger partial charge in [-0.2, -0.15) is 12.7 Å². The molecule has 0 N–H and O–H groups in total. The fourth-order valence-electron chi connectivity index (χ4n) is 0.855. The van der Waals surface area contributed by atoms with Crippen molar-refractivity contribution in [1.82, 2.24) is 5.06 Å². The van der Waals surface area contributed by atoms with Crippen LogP contribution >= 0.6 is 0 Å². The predicted molar refractivity (Wildman–Crippen MR) is 60.7 cm³/mol.